The van der Waals surface area contributed by atoms with Gasteiger partial charge in [-0.1, -0.05) is 13.8 Å². The number of hydrogen-bond donors (Lipinski definition) is 1. The molecule has 0 saturated heterocycles. The Morgan fingerprint density at radius 2 is 2.11 bits per heavy atom. The van der Waals surface area contributed by atoms with Crippen molar-refractivity contribution in [2.45, 2.75) is 38.6 Å². The summed E-state index contributed by atoms with van der Waals surface area (Å²) in [6.07, 6.45) is 6.09. The van der Waals surface area contributed by atoms with E-state index in [1.807, 2.05) is 18.6 Å². The molecular weight excluding hydrogens is 226 g/mol. The van der Waals surface area contributed by atoms with Crippen LogP contribution in [0.4, 0.5) is 5.82 Å². The van der Waals surface area contributed by atoms with E-state index in [1.54, 1.807) is 0 Å². The second-order valence-corrected chi connectivity index (χ2v) is 5.11. The zero-order chi connectivity index (χ0) is 12.7. The van der Waals surface area contributed by atoms with Gasteiger partial charge in [0.05, 0.1) is 12.5 Å². The molecule has 94 valence electrons. The van der Waals surface area contributed by atoms with Gasteiger partial charge in [-0.05, 0) is 18.8 Å². The minimum Gasteiger partial charge on any atom is -0.384 e. The molecule has 5 nitrogen and oxygen atoms in total. The standard InChI is InChI=1S/C13H17N5/c1-8(2)10-5-12(14)17-13(16-10)11-6-15-7-18(11)9-3-4-9/h5-9H,3-4H2,1-2H3,(H2,14,16,17). The highest BCUT2D eigenvalue weighted by Gasteiger charge is 2.26. The zero-order valence-corrected chi connectivity index (χ0v) is 10.7. The molecule has 0 aliphatic heterocycles. The van der Waals surface area contributed by atoms with Crippen molar-refractivity contribution in [1.29, 1.82) is 0 Å². The molecule has 0 spiro atoms. The van der Waals surface area contributed by atoms with E-state index in [1.165, 1.54) is 12.8 Å². The summed E-state index contributed by atoms with van der Waals surface area (Å²) in [5, 5.41) is 0. The van der Waals surface area contributed by atoms with Crippen LogP contribution in [0.1, 0.15) is 44.3 Å². The first kappa shape index (κ1) is 11.2. The largest absolute Gasteiger partial charge is 0.384 e. The molecular formula is C13H17N5. The Hall–Kier alpha value is -1.91. The molecule has 0 radical (unpaired) electrons. The van der Waals surface area contributed by atoms with E-state index in [4.69, 9.17) is 5.73 Å². The van der Waals surface area contributed by atoms with E-state index < -0.39 is 0 Å². The molecule has 2 N–H and O–H groups in total. The lowest BCUT2D eigenvalue weighted by Crippen LogP contribution is -2.04. The third-order valence-electron chi connectivity index (χ3n) is 3.19. The van der Waals surface area contributed by atoms with Crippen molar-refractivity contribution in [3.05, 3.63) is 24.3 Å². The van der Waals surface area contributed by atoms with Gasteiger partial charge in [0.2, 0.25) is 0 Å². The quantitative estimate of drug-likeness (QED) is 0.898. The predicted octanol–water partition coefficient (Wildman–Crippen LogP) is 2.38. The van der Waals surface area contributed by atoms with Gasteiger partial charge in [0.15, 0.2) is 5.82 Å². The van der Waals surface area contributed by atoms with Crippen LogP contribution in [0.15, 0.2) is 18.6 Å². The van der Waals surface area contributed by atoms with Crippen molar-refractivity contribution in [2.75, 3.05) is 5.73 Å². The summed E-state index contributed by atoms with van der Waals surface area (Å²) in [6.45, 7) is 4.20. The molecule has 1 aliphatic carbocycles. The highest BCUT2D eigenvalue weighted by Crippen LogP contribution is 2.37. The van der Waals surface area contributed by atoms with E-state index in [2.05, 4.69) is 33.4 Å². The first-order chi connectivity index (χ1) is 8.65. The maximum Gasteiger partial charge on any atom is 0.180 e. The lowest BCUT2D eigenvalue weighted by atomic mass is 10.1. The fraction of sp³-hybridized carbons (Fsp3) is 0.462. The fourth-order valence-corrected chi connectivity index (χ4v) is 2.02. The predicted molar refractivity (Wildman–Crippen MR) is 70.0 cm³/mol. The smallest absolute Gasteiger partial charge is 0.180 e. The third-order valence-corrected chi connectivity index (χ3v) is 3.19. The van der Waals surface area contributed by atoms with E-state index >= 15 is 0 Å². The van der Waals surface area contributed by atoms with Gasteiger partial charge >= 0.3 is 0 Å². The Balaban J connectivity index is 2.07. The first-order valence-electron chi connectivity index (χ1n) is 6.32. The normalized spacial score (nSPS) is 15.3. The Bertz CT molecular complexity index is 569. The highest BCUT2D eigenvalue weighted by molar-refractivity contribution is 5.52. The third kappa shape index (κ3) is 1.96. The Kier molecular flexibility index (Phi) is 2.54. The lowest BCUT2D eigenvalue weighted by molar-refractivity contribution is 0.740. The number of imidazole rings is 1. The monoisotopic (exact) mass is 243 g/mol. The minimum absolute atomic E-state index is 0.339. The van der Waals surface area contributed by atoms with E-state index in [0.29, 0.717) is 23.6 Å². The fourth-order valence-electron chi connectivity index (χ4n) is 2.02. The second kappa shape index (κ2) is 4.08. The van der Waals surface area contributed by atoms with Gasteiger partial charge in [0.1, 0.15) is 11.5 Å². The lowest BCUT2D eigenvalue weighted by Gasteiger charge is -2.09. The average molecular weight is 243 g/mol. The summed E-state index contributed by atoms with van der Waals surface area (Å²) in [5.74, 6) is 1.54. The Morgan fingerprint density at radius 3 is 2.78 bits per heavy atom. The first-order valence-corrected chi connectivity index (χ1v) is 6.32. The number of nitrogens with zero attached hydrogens (tertiary/aromatic N) is 4. The number of nitrogen functional groups attached to an aromatic ring is 1. The Morgan fingerprint density at radius 1 is 1.33 bits per heavy atom. The van der Waals surface area contributed by atoms with Gasteiger partial charge in [-0.3, -0.25) is 0 Å². The molecule has 0 bridgehead atoms. The topological polar surface area (TPSA) is 69.6 Å². The SMILES string of the molecule is CC(C)c1cc(N)nc(-c2cncn2C2CC2)n1. The summed E-state index contributed by atoms with van der Waals surface area (Å²) in [6, 6.07) is 2.40. The summed E-state index contributed by atoms with van der Waals surface area (Å²) in [7, 11) is 0. The minimum atomic E-state index is 0.339. The number of aromatic nitrogens is 4. The van der Waals surface area contributed by atoms with Gasteiger partial charge < -0.3 is 10.3 Å². The van der Waals surface area contributed by atoms with Crippen molar-refractivity contribution in [2.24, 2.45) is 0 Å². The Labute approximate surface area is 106 Å². The molecule has 5 heteroatoms. The van der Waals surface area contributed by atoms with Crippen LogP contribution >= 0.6 is 0 Å². The molecule has 0 atom stereocenters. The van der Waals surface area contributed by atoms with Crippen molar-refractivity contribution in [3.8, 4) is 11.5 Å². The van der Waals surface area contributed by atoms with Crippen molar-refractivity contribution >= 4 is 5.82 Å². The van der Waals surface area contributed by atoms with Crippen LogP contribution in [0.5, 0.6) is 0 Å². The van der Waals surface area contributed by atoms with Crippen LogP contribution in [0.25, 0.3) is 11.5 Å². The number of anilines is 1. The summed E-state index contributed by atoms with van der Waals surface area (Å²) >= 11 is 0. The highest BCUT2D eigenvalue weighted by atomic mass is 15.1. The maximum atomic E-state index is 5.86. The van der Waals surface area contributed by atoms with Crippen molar-refractivity contribution in [3.63, 3.8) is 0 Å². The van der Waals surface area contributed by atoms with Crippen molar-refractivity contribution < 1.29 is 0 Å². The molecule has 0 aromatic carbocycles. The van der Waals surface area contributed by atoms with Crippen molar-refractivity contribution in [1.82, 2.24) is 19.5 Å². The van der Waals surface area contributed by atoms with Crippen LogP contribution in [0, 0.1) is 0 Å². The number of rotatable bonds is 3. The van der Waals surface area contributed by atoms with Gasteiger partial charge in [-0.25, -0.2) is 15.0 Å². The number of hydrogen-bond acceptors (Lipinski definition) is 4. The van der Waals surface area contributed by atoms with Gasteiger partial charge in [0, 0.05) is 17.8 Å². The molecule has 1 fully saturated rings. The molecule has 0 unspecified atom stereocenters. The molecule has 0 amide bonds. The maximum absolute atomic E-state index is 5.86. The van der Waals surface area contributed by atoms with Crippen LogP contribution in [0.3, 0.4) is 0 Å². The van der Waals surface area contributed by atoms with Gasteiger partial charge in [-0.2, -0.15) is 0 Å². The van der Waals surface area contributed by atoms with Gasteiger partial charge in [-0.15, -0.1) is 0 Å². The summed E-state index contributed by atoms with van der Waals surface area (Å²) < 4.78 is 2.15. The van der Waals surface area contributed by atoms with Gasteiger partial charge in [0.25, 0.3) is 0 Å². The van der Waals surface area contributed by atoms with Crippen LogP contribution in [-0.2, 0) is 0 Å². The molecule has 18 heavy (non-hydrogen) atoms. The summed E-state index contributed by atoms with van der Waals surface area (Å²) in [5.41, 5.74) is 7.80. The van der Waals surface area contributed by atoms with E-state index in [0.717, 1.165) is 11.4 Å². The molecule has 2 aromatic heterocycles. The molecule has 2 aromatic rings. The molecule has 1 saturated carbocycles. The van der Waals surface area contributed by atoms with Crippen LogP contribution in [0.2, 0.25) is 0 Å². The summed E-state index contributed by atoms with van der Waals surface area (Å²) in [4.78, 5) is 13.1. The van der Waals surface area contributed by atoms with E-state index in [-0.39, 0.29) is 0 Å². The number of nitrogens with two attached hydrogens (primary N) is 1. The average Bonchev–Trinajstić information content (AvgIpc) is 3.06. The second-order valence-electron chi connectivity index (χ2n) is 5.11. The molecule has 1 aliphatic rings. The van der Waals surface area contributed by atoms with E-state index in [9.17, 15) is 0 Å². The van der Waals surface area contributed by atoms with Crippen LogP contribution < -0.4 is 5.73 Å². The molecule has 3 rings (SSSR count). The molecule has 2 heterocycles. The van der Waals surface area contributed by atoms with Crippen LogP contribution in [-0.4, -0.2) is 19.5 Å². The zero-order valence-electron chi connectivity index (χ0n) is 10.7.